The van der Waals surface area contributed by atoms with Crippen LogP contribution < -0.4 is 10.6 Å². The highest BCUT2D eigenvalue weighted by Crippen LogP contribution is 2.34. The molecule has 0 spiro atoms. The number of aryl methyl sites for hydroxylation is 1. The molecule has 0 aliphatic carbocycles. The van der Waals surface area contributed by atoms with E-state index in [0.29, 0.717) is 24.1 Å². The summed E-state index contributed by atoms with van der Waals surface area (Å²) in [5.74, 6) is -1.38. The number of nitrogens with one attached hydrogen (secondary N) is 2. The van der Waals surface area contributed by atoms with Crippen LogP contribution >= 0.6 is 0 Å². The van der Waals surface area contributed by atoms with Crippen LogP contribution in [0.5, 0.6) is 0 Å². The van der Waals surface area contributed by atoms with Crippen molar-refractivity contribution < 1.29 is 18.8 Å². The predicted molar refractivity (Wildman–Crippen MR) is 112 cm³/mol. The predicted octanol–water partition coefficient (Wildman–Crippen LogP) is 4.02. The number of rotatable bonds is 7. The number of amides is 4. The maximum atomic E-state index is 13.4. The number of nitrogens with zero attached hydrogens (tertiary/aromatic N) is 1. The fourth-order valence-corrected chi connectivity index (χ4v) is 3.68. The van der Waals surface area contributed by atoms with E-state index >= 15 is 0 Å². The second-order valence-electron chi connectivity index (χ2n) is 7.63. The quantitative estimate of drug-likeness (QED) is 0.676. The third kappa shape index (κ3) is 4.06. The summed E-state index contributed by atoms with van der Waals surface area (Å²) >= 11 is 0. The van der Waals surface area contributed by atoms with Crippen molar-refractivity contribution in [2.75, 3.05) is 11.9 Å². The Kier molecular flexibility index (Phi) is 6.20. The first kappa shape index (κ1) is 21.5. The Morgan fingerprint density at radius 3 is 2.50 bits per heavy atom. The second-order valence-corrected chi connectivity index (χ2v) is 7.63. The van der Waals surface area contributed by atoms with Crippen molar-refractivity contribution >= 4 is 23.5 Å². The van der Waals surface area contributed by atoms with Crippen LogP contribution in [0.25, 0.3) is 0 Å². The molecule has 30 heavy (non-hydrogen) atoms. The van der Waals surface area contributed by atoms with Crippen LogP contribution in [0.3, 0.4) is 0 Å². The van der Waals surface area contributed by atoms with Crippen molar-refractivity contribution in [3.63, 3.8) is 0 Å². The molecule has 1 saturated heterocycles. The number of carbonyl (C=O) groups excluding carboxylic acids is 3. The van der Waals surface area contributed by atoms with Gasteiger partial charge >= 0.3 is 6.03 Å². The lowest BCUT2D eigenvalue weighted by Crippen LogP contribution is -2.44. The SMILES string of the molecule is CCCC[C@@]1(c2ccc(F)cc2)NC(=O)N(CC(=O)Nc2cccc(C)c2C)C1=O. The zero-order chi connectivity index (χ0) is 21.9. The van der Waals surface area contributed by atoms with E-state index in [9.17, 15) is 18.8 Å². The molecule has 3 rings (SSSR count). The molecular formula is C23H26FN3O3. The Morgan fingerprint density at radius 2 is 1.83 bits per heavy atom. The molecule has 1 fully saturated rings. The zero-order valence-corrected chi connectivity index (χ0v) is 17.4. The van der Waals surface area contributed by atoms with Crippen LogP contribution in [-0.2, 0) is 15.1 Å². The molecule has 1 atom stereocenters. The molecule has 1 heterocycles. The monoisotopic (exact) mass is 411 g/mol. The van der Waals surface area contributed by atoms with Crippen LogP contribution in [0.2, 0.25) is 0 Å². The summed E-state index contributed by atoms with van der Waals surface area (Å²) in [6.45, 7) is 5.41. The molecule has 0 radical (unpaired) electrons. The van der Waals surface area contributed by atoms with Gasteiger partial charge in [0.2, 0.25) is 5.91 Å². The fraction of sp³-hybridized carbons (Fsp3) is 0.348. The van der Waals surface area contributed by atoms with Gasteiger partial charge in [-0.1, -0.05) is 44.0 Å². The number of benzene rings is 2. The van der Waals surface area contributed by atoms with Gasteiger partial charge in [-0.3, -0.25) is 14.5 Å². The van der Waals surface area contributed by atoms with Crippen molar-refractivity contribution in [2.45, 2.75) is 45.6 Å². The van der Waals surface area contributed by atoms with Crippen LogP contribution in [0.1, 0.15) is 42.9 Å². The van der Waals surface area contributed by atoms with E-state index in [2.05, 4.69) is 10.6 Å². The topological polar surface area (TPSA) is 78.5 Å². The average molecular weight is 411 g/mol. The molecule has 0 bridgehead atoms. The van der Waals surface area contributed by atoms with Gasteiger partial charge in [0.25, 0.3) is 5.91 Å². The van der Waals surface area contributed by atoms with Crippen LogP contribution in [-0.4, -0.2) is 29.3 Å². The molecule has 0 saturated carbocycles. The Hall–Kier alpha value is -3.22. The summed E-state index contributed by atoms with van der Waals surface area (Å²) in [6.07, 6.45) is 1.87. The van der Waals surface area contributed by atoms with Crippen molar-refractivity contribution in [1.82, 2.24) is 10.2 Å². The molecule has 158 valence electrons. The van der Waals surface area contributed by atoms with E-state index in [4.69, 9.17) is 0 Å². The number of imide groups is 1. The highest BCUT2D eigenvalue weighted by molar-refractivity contribution is 6.10. The Balaban J connectivity index is 1.83. The van der Waals surface area contributed by atoms with Crippen molar-refractivity contribution in [3.05, 3.63) is 65.0 Å². The minimum atomic E-state index is -1.29. The van der Waals surface area contributed by atoms with Gasteiger partial charge < -0.3 is 10.6 Å². The molecule has 7 heteroatoms. The number of anilines is 1. The maximum Gasteiger partial charge on any atom is 0.325 e. The maximum absolute atomic E-state index is 13.4. The molecule has 0 aromatic heterocycles. The van der Waals surface area contributed by atoms with Gasteiger partial charge in [-0.15, -0.1) is 0 Å². The molecule has 2 N–H and O–H groups in total. The van der Waals surface area contributed by atoms with Crippen molar-refractivity contribution in [3.8, 4) is 0 Å². The molecule has 4 amide bonds. The molecule has 1 aliphatic rings. The van der Waals surface area contributed by atoms with Gasteiger partial charge in [0, 0.05) is 5.69 Å². The highest BCUT2D eigenvalue weighted by atomic mass is 19.1. The van der Waals surface area contributed by atoms with E-state index in [1.54, 1.807) is 6.07 Å². The normalized spacial score (nSPS) is 18.5. The van der Waals surface area contributed by atoms with E-state index in [1.165, 1.54) is 24.3 Å². The Labute approximate surface area is 175 Å². The van der Waals surface area contributed by atoms with Crippen LogP contribution in [0.4, 0.5) is 14.9 Å². The lowest BCUT2D eigenvalue weighted by molar-refractivity contribution is -0.134. The Bertz CT molecular complexity index is 974. The smallest absolute Gasteiger partial charge is 0.324 e. The van der Waals surface area contributed by atoms with Crippen molar-refractivity contribution in [1.29, 1.82) is 0 Å². The molecule has 6 nitrogen and oxygen atoms in total. The van der Waals surface area contributed by atoms with Gasteiger partial charge in [0.1, 0.15) is 17.9 Å². The minimum absolute atomic E-state index is 0.370. The van der Waals surface area contributed by atoms with Crippen molar-refractivity contribution in [2.24, 2.45) is 0 Å². The van der Waals surface area contributed by atoms with Crippen LogP contribution in [0, 0.1) is 19.7 Å². The summed E-state index contributed by atoms with van der Waals surface area (Å²) in [5.41, 5.74) is 1.81. The second kappa shape index (κ2) is 8.65. The molecular weight excluding hydrogens is 385 g/mol. The largest absolute Gasteiger partial charge is 0.325 e. The molecule has 2 aromatic rings. The number of urea groups is 1. The van der Waals surface area contributed by atoms with E-state index < -0.39 is 35.7 Å². The van der Waals surface area contributed by atoms with E-state index in [-0.39, 0.29) is 0 Å². The number of halogens is 1. The Morgan fingerprint density at radius 1 is 1.13 bits per heavy atom. The summed E-state index contributed by atoms with van der Waals surface area (Å²) in [4.78, 5) is 39.5. The van der Waals surface area contributed by atoms with Gasteiger partial charge in [0.05, 0.1) is 0 Å². The van der Waals surface area contributed by atoms with Gasteiger partial charge in [-0.25, -0.2) is 9.18 Å². The number of hydrogen-bond donors (Lipinski definition) is 2. The molecule has 1 aliphatic heterocycles. The van der Waals surface area contributed by atoms with E-state index in [1.807, 2.05) is 32.9 Å². The van der Waals surface area contributed by atoms with Gasteiger partial charge in [0.15, 0.2) is 0 Å². The average Bonchev–Trinajstić information content (AvgIpc) is 2.95. The zero-order valence-electron chi connectivity index (χ0n) is 17.4. The first-order valence-electron chi connectivity index (χ1n) is 10.0. The summed E-state index contributed by atoms with van der Waals surface area (Å²) in [5, 5.41) is 5.54. The lowest BCUT2D eigenvalue weighted by Gasteiger charge is -2.27. The summed E-state index contributed by atoms with van der Waals surface area (Å²) in [7, 11) is 0. The first-order valence-corrected chi connectivity index (χ1v) is 10.0. The minimum Gasteiger partial charge on any atom is -0.324 e. The fourth-order valence-electron chi connectivity index (χ4n) is 3.68. The standard InChI is InChI=1S/C23H26FN3O3/c1-4-5-13-23(17-9-11-18(24)12-10-17)21(29)27(22(30)26-23)14-20(28)25-19-8-6-7-15(2)16(19)3/h6-12H,4-5,13-14H2,1-3H3,(H,25,28)(H,26,30)/t23-/m0/s1. The third-order valence-electron chi connectivity index (χ3n) is 5.60. The third-order valence-corrected chi connectivity index (χ3v) is 5.60. The summed E-state index contributed by atoms with van der Waals surface area (Å²) in [6, 6.07) is 10.4. The lowest BCUT2D eigenvalue weighted by atomic mass is 9.85. The van der Waals surface area contributed by atoms with E-state index in [0.717, 1.165) is 22.4 Å². The number of unbranched alkanes of at least 4 members (excludes halogenated alkanes) is 1. The van der Waals surface area contributed by atoms with Gasteiger partial charge in [-0.05, 0) is 55.2 Å². The van der Waals surface area contributed by atoms with Gasteiger partial charge in [-0.2, -0.15) is 0 Å². The number of hydrogen-bond acceptors (Lipinski definition) is 3. The highest BCUT2D eigenvalue weighted by Gasteiger charge is 2.52. The molecule has 2 aromatic carbocycles. The summed E-state index contributed by atoms with van der Waals surface area (Å²) < 4.78 is 13.4. The number of carbonyl (C=O) groups is 3. The van der Waals surface area contributed by atoms with Crippen LogP contribution in [0.15, 0.2) is 42.5 Å². The first-order chi connectivity index (χ1) is 14.3. The molecule has 0 unspecified atom stereocenters.